The highest BCUT2D eigenvalue weighted by Crippen LogP contribution is 2.35. The summed E-state index contributed by atoms with van der Waals surface area (Å²) in [5.74, 6) is -0.307. The summed E-state index contributed by atoms with van der Waals surface area (Å²) in [5.41, 5.74) is 5.06. The molecule has 0 aliphatic rings. The van der Waals surface area contributed by atoms with Crippen molar-refractivity contribution >= 4 is 5.82 Å². The number of anilines is 1. The van der Waals surface area contributed by atoms with Gasteiger partial charge in [-0.2, -0.15) is 31.3 Å². The molecule has 1 aromatic rings. The van der Waals surface area contributed by atoms with Crippen molar-refractivity contribution in [2.24, 2.45) is 0 Å². The average Bonchev–Trinajstić information content (AvgIpc) is 2.10. The van der Waals surface area contributed by atoms with E-state index in [1.807, 2.05) is 0 Å². The Labute approximate surface area is 90.4 Å². The lowest BCUT2D eigenvalue weighted by molar-refractivity contribution is -0.301. The van der Waals surface area contributed by atoms with E-state index >= 15 is 0 Å². The van der Waals surface area contributed by atoms with Crippen LogP contribution in [0.5, 0.6) is 6.01 Å². The summed E-state index contributed by atoms with van der Waals surface area (Å²) in [6.45, 7) is 0. The van der Waals surface area contributed by atoms with Crippen molar-refractivity contribution in [3.05, 3.63) is 12.3 Å². The Morgan fingerprint density at radius 1 is 1.12 bits per heavy atom. The Bertz CT molecular complexity index is 376. The summed E-state index contributed by atoms with van der Waals surface area (Å²) in [6.07, 6.45) is -14.4. The van der Waals surface area contributed by atoms with Crippen LogP contribution in [-0.4, -0.2) is 28.4 Å². The van der Waals surface area contributed by atoms with E-state index in [1.54, 1.807) is 0 Å². The Hall–Kier alpha value is -1.74. The highest BCUT2D eigenvalue weighted by atomic mass is 19.4. The van der Waals surface area contributed by atoms with E-state index < -0.39 is 24.5 Å². The van der Waals surface area contributed by atoms with Crippen LogP contribution in [0, 0.1) is 0 Å². The Morgan fingerprint density at radius 2 is 1.65 bits per heavy atom. The first kappa shape index (κ1) is 13.3. The first-order valence-corrected chi connectivity index (χ1v) is 3.99. The molecule has 0 unspecified atom stereocenters. The minimum atomic E-state index is -5.62. The van der Waals surface area contributed by atoms with Gasteiger partial charge in [-0.1, -0.05) is 0 Å². The van der Waals surface area contributed by atoms with E-state index in [0.29, 0.717) is 0 Å². The Kier molecular flexibility index (Phi) is 3.34. The van der Waals surface area contributed by atoms with Crippen molar-refractivity contribution in [2.75, 3.05) is 5.73 Å². The van der Waals surface area contributed by atoms with Gasteiger partial charge >= 0.3 is 18.4 Å². The minimum absolute atomic E-state index is 0.307. The predicted molar refractivity (Wildman–Crippen MR) is 43.0 cm³/mol. The van der Waals surface area contributed by atoms with E-state index in [2.05, 4.69) is 14.7 Å². The zero-order valence-electron chi connectivity index (χ0n) is 7.88. The fourth-order valence-electron chi connectivity index (χ4n) is 0.835. The van der Waals surface area contributed by atoms with Crippen molar-refractivity contribution in [1.82, 2.24) is 9.97 Å². The third-order valence-electron chi connectivity index (χ3n) is 1.47. The van der Waals surface area contributed by atoms with Crippen LogP contribution in [0.4, 0.5) is 32.2 Å². The van der Waals surface area contributed by atoms with E-state index in [4.69, 9.17) is 5.73 Å². The summed E-state index contributed by atoms with van der Waals surface area (Å²) in [6, 6.07) is -0.00656. The number of halogens is 6. The Morgan fingerprint density at radius 3 is 2.06 bits per heavy atom. The molecule has 0 aromatic carbocycles. The molecule has 17 heavy (non-hydrogen) atoms. The lowest BCUT2D eigenvalue weighted by Gasteiger charge is -2.22. The normalized spacial score (nSPS) is 12.9. The van der Waals surface area contributed by atoms with Crippen LogP contribution in [0.15, 0.2) is 12.3 Å². The number of aromatic nitrogens is 2. The van der Waals surface area contributed by atoms with E-state index in [0.717, 1.165) is 12.3 Å². The number of hydrogen-bond acceptors (Lipinski definition) is 4. The SMILES string of the molecule is Nc1ccnc(OC(C(F)(F)F)C(F)(F)F)n1. The highest BCUT2D eigenvalue weighted by molar-refractivity contribution is 5.26. The lowest BCUT2D eigenvalue weighted by Crippen LogP contribution is -2.46. The molecule has 1 rings (SSSR count). The first-order chi connectivity index (χ1) is 7.60. The molecule has 0 radical (unpaired) electrons. The molecule has 0 aliphatic heterocycles. The van der Waals surface area contributed by atoms with Crippen LogP contribution < -0.4 is 10.5 Å². The standard InChI is InChI=1S/C7H5F6N3O/c8-6(9,10)4(7(11,12)13)17-5-15-2-1-3(14)16-5/h1-2,4H,(H2,14,15,16). The first-order valence-electron chi connectivity index (χ1n) is 3.99. The van der Waals surface area contributed by atoms with Gasteiger partial charge in [0.05, 0.1) is 0 Å². The largest absolute Gasteiger partial charge is 0.440 e. The number of nitrogens with zero attached hydrogens (tertiary/aromatic N) is 2. The van der Waals surface area contributed by atoms with Crippen LogP contribution in [0.1, 0.15) is 0 Å². The zero-order valence-corrected chi connectivity index (χ0v) is 7.88. The molecule has 2 N–H and O–H groups in total. The highest BCUT2D eigenvalue weighted by Gasteiger charge is 2.59. The van der Waals surface area contributed by atoms with Gasteiger partial charge in [0.15, 0.2) is 0 Å². The zero-order chi connectivity index (χ0) is 13.3. The molecule has 96 valence electrons. The maximum absolute atomic E-state index is 12.1. The molecule has 1 aromatic heterocycles. The van der Waals surface area contributed by atoms with Gasteiger partial charge < -0.3 is 10.5 Å². The molecule has 0 spiro atoms. The summed E-state index contributed by atoms with van der Waals surface area (Å²) >= 11 is 0. The van der Waals surface area contributed by atoms with Gasteiger partial charge in [-0.05, 0) is 6.07 Å². The second-order valence-corrected chi connectivity index (χ2v) is 2.85. The molecule has 0 bridgehead atoms. The van der Waals surface area contributed by atoms with Crippen LogP contribution in [0.25, 0.3) is 0 Å². The molecule has 0 amide bonds. The molecule has 0 saturated heterocycles. The molecule has 4 nitrogen and oxygen atoms in total. The van der Waals surface area contributed by atoms with E-state index in [1.165, 1.54) is 0 Å². The molecular weight excluding hydrogens is 256 g/mol. The van der Waals surface area contributed by atoms with Crippen molar-refractivity contribution in [3.63, 3.8) is 0 Å². The monoisotopic (exact) mass is 261 g/mol. The maximum Gasteiger partial charge on any atom is 0.434 e. The van der Waals surface area contributed by atoms with Crippen LogP contribution in [0.2, 0.25) is 0 Å². The average molecular weight is 261 g/mol. The number of hydrogen-bond donors (Lipinski definition) is 1. The molecular formula is C7H5F6N3O. The second-order valence-electron chi connectivity index (χ2n) is 2.85. The number of nitrogens with two attached hydrogens (primary N) is 1. The molecule has 0 atom stereocenters. The topological polar surface area (TPSA) is 61.0 Å². The second kappa shape index (κ2) is 4.26. The predicted octanol–water partition coefficient (Wildman–Crippen LogP) is 1.93. The number of rotatable bonds is 2. The molecule has 0 saturated carbocycles. The Balaban J connectivity index is 2.96. The summed E-state index contributed by atoms with van der Waals surface area (Å²) in [7, 11) is 0. The fraction of sp³-hybridized carbons (Fsp3) is 0.429. The number of alkyl halides is 6. The molecule has 0 fully saturated rings. The van der Waals surface area contributed by atoms with Gasteiger partial charge in [-0.3, -0.25) is 0 Å². The van der Waals surface area contributed by atoms with Gasteiger partial charge in [0.1, 0.15) is 5.82 Å². The number of nitrogen functional groups attached to an aromatic ring is 1. The summed E-state index contributed by atoms with van der Waals surface area (Å²) < 4.78 is 76.1. The maximum atomic E-state index is 12.1. The smallest absolute Gasteiger partial charge is 0.434 e. The van der Waals surface area contributed by atoms with E-state index in [9.17, 15) is 26.3 Å². The third kappa shape index (κ3) is 3.64. The number of ether oxygens (including phenoxy) is 1. The van der Waals surface area contributed by atoms with Gasteiger partial charge in [-0.25, -0.2) is 4.98 Å². The van der Waals surface area contributed by atoms with Crippen molar-refractivity contribution < 1.29 is 31.1 Å². The quantitative estimate of drug-likeness (QED) is 0.826. The minimum Gasteiger partial charge on any atom is -0.440 e. The molecule has 1 heterocycles. The molecule has 10 heteroatoms. The van der Waals surface area contributed by atoms with Gasteiger partial charge in [-0.15, -0.1) is 0 Å². The van der Waals surface area contributed by atoms with Crippen LogP contribution in [0.3, 0.4) is 0 Å². The van der Waals surface area contributed by atoms with Gasteiger partial charge in [0, 0.05) is 6.20 Å². The van der Waals surface area contributed by atoms with Crippen molar-refractivity contribution in [2.45, 2.75) is 18.5 Å². The third-order valence-corrected chi connectivity index (χ3v) is 1.47. The van der Waals surface area contributed by atoms with Crippen LogP contribution >= 0.6 is 0 Å². The van der Waals surface area contributed by atoms with Crippen LogP contribution in [-0.2, 0) is 0 Å². The molecule has 0 aliphatic carbocycles. The van der Waals surface area contributed by atoms with E-state index in [-0.39, 0.29) is 5.82 Å². The lowest BCUT2D eigenvalue weighted by atomic mass is 10.3. The van der Waals surface area contributed by atoms with Crippen molar-refractivity contribution in [3.8, 4) is 6.01 Å². The fourth-order valence-corrected chi connectivity index (χ4v) is 0.835. The van der Waals surface area contributed by atoms with Gasteiger partial charge in [0.2, 0.25) is 0 Å². The summed E-state index contributed by atoms with van der Waals surface area (Å²) in [5, 5.41) is 0. The van der Waals surface area contributed by atoms with Gasteiger partial charge in [0.25, 0.3) is 6.10 Å². The van der Waals surface area contributed by atoms with Crippen molar-refractivity contribution in [1.29, 1.82) is 0 Å². The summed E-state index contributed by atoms with van der Waals surface area (Å²) in [4.78, 5) is 6.18.